The minimum absolute atomic E-state index is 0.0453. The van der Waals surface area contributed by atoms with Crippen molar-refractivity contribution in [3.63, 3.8) is 0 Å². The number of nitrogens with two attached hydrogens (primary N) is 1. The number of anilines is 3. The van der Waals surface area contributed by atoms with Gasteiger partial charge in [-0.25, -0.2) is 4.98 Å². The van der Waals surface area contributed by atoms with Crippen LogP contribution in [-0.2, 0) is 10.3 Å². The van der Waals surface area contributed by atoms with E-state index in [0.29, 0.717) is 24.9 Å². The molecular formula is C16H25N7O3. The van der Waals surface area contributed by atoms with Crippen molar-refractivity contribution in [1.82, 2.24) is 19.7 Å². The summed E-state index contributed by atoms with van der Waals surface area (Å²) in [4.78, 5) is 20.0. The normalized spacial score (nSPS) is 11.4. The maximum atomic E-state index is 11.5. The molecule has 0 spiro atoms. The number of aliphatic hydroxyl groups excluding tert-OH is 1. The molecule has 142 valence electrons. The molecule has 0 aliphatic rings. The topological polar surface area (TPSA) is 140 Å². The predicted molar refractivity (Wildman–Crippen MR) is 97.5 cm³/mol. The van der Waals surface area contributed by atoms with Gasteiger partial charge >= 0.3 is 0 Å². The number of nitrogens with one attached hydrogen (secondary N) is 2. The lowest BCUT2D eigenvalue weighted by Crippen LogP contribution is -2.21. The Labute approximate surface area is 151 Å². The third-order valence-corrected chi connectivity index (χ3v) is 3.35. The molecule has 2 rings (SSSR count). The first kappa shape index (κ1) is 19.6. The number of nitrogens with zero attached hydrogens (tertiary/aromatic N) is 4. The maximum absolute atomic E-state index is 11.5. The summed E-state index contributed by atoms with van der Waals surface area (Å²) in [6.07, 6.45) is 4.89. The van der Waals surface area contributed by atoms with Gasteiger partial charge < -0.3 is 26.2 Å². The summed E-state index contributed by atoms with van der Waals surface area (Å²) in [5, 5.41) is 19.0. The summed E-state index contributed by atoms with van der Waals surface area (Å²) < 4.78 is 6.99. The summed E-state index contributed by atoms with van der Waals surface area (Å²) in [6.45, 7) is 7.09. The van der Waals surface area contributed by atoms with Crippen molar-refractivity contribution in [1.29, 1.82) is 0 Å². The van der Waals surface area contributed by atoms with E-state index in [-0.39, 0.29) is 24.3 Å². The van der Waals surface area contributed by atoms with Gasteiger partial charge in [0.2, 0.25) is 5.95 Å². The van der Waals surface area contributed by atoms with Crippen molar-refractivity contribution in [2.75, 3.05) is 37.0 Å². The first-order chi connectivity index (χ1) is 12.3. The quantitative estimate of drug-likeness (QED) is 0.477. The Kier molecular flexibility index (Phi) is 6.47. The molecule has 10 heteroatoms. The van der Waals surface area contributed by atoms with Gasteiger partial charge in [0.1, 0.15) is 5.82 Å². The molecule has 0 saturated heterocycles. The molecule has 10 nitrogen and oxygen atoms in total. The molecule has 0 aliphatic heterocycles. The molecule has 2 aromatic rings. The van der Waals surface area contributed by atoms with E-state index in [1.807, 2.05) is 31.6 Å². The Bertz CT molecular complexity index is 740. The standard InChI is InChI=1S/C16H25N7O3/c1-16(2,3)23-10-11(8-20-23)21-15-19-9-12(13(17)25)14(22-15)18-4-6-26-7-5-24/h8-10,24H,4-7H2,1-3H3,(H2,17,25)(H2,18,19,21,22). The van der Waals surface area contributed by atoms with Crippen LogP contribution in [0, 0.1) is 0 Å². The number of aliphatic hydroxyl groups is 1. The number of primary amides is 1. The van der Waals surface area contributed by atoms with Crippen LogP contribution >= 0.6 is 0 Å². The van der Waals surface area contributed by atoms with Crippen LogP contribution in [-0.4, -0.2) is 57.1 Å². The fourth-order valence-corrected chi connectivity index (χ4v) is 2.05. The number of carbonyl (C=O) groups excluding carboxylic acids is 1. The van der Waals surface area contributed by atoms with Crippen molar-refractivity contribution in [3.8, 4) is 0 Å². The highest BCUT2D eigenvalue weighted by atomic mass is 16.5. The van der Waals surface area contributed by atoms with Crippen molar-refractivity contribution in [2.24, 2.45) is 5.73 Å². The summed E-state index contributed by atoms with van der Waals surface area (Å²) in [6, 6.07) is 0. The molecule has 0 aromatic carbocycles. The highest BCUT2D eigenvalue weighted by Crippen LogP contribution is 2.19. The largest absolute Gasteiger partial charge is 0.394 e. The molecule has 2 aromatic heterocycles. The zero-order valence-electron chi connectivity index (χ0n) is 15.2. The third-order valence-electron chi connectivity index (χ3n) is 3.35. The SMILES string of the molecule is CC(C)(C)n1cc(Nc2ncc(C(N)=O)c(NCCOCCO)n2)cn1. The van der Waals surface area contributed by atoms with E-state index < -0.39 is 5.91 Å². The van der Waals surface area contributed by atoms with E-state index in [4.69, 9.17) is 15.6 Å². The fraction of sp³-hybridized carbons (Fsp3) is 0.500. The molecule has 0 saturated carbocycles. The number of carbonyl (C=O) groups is 1. The smallest absolute Gasteiger partial charge is 0.254 e. The van der Waals surface area contributed by atoms with E-state index in [2.05, 4.69) is 25.7 Å². The van der Waals surface area contributed by atoms with Crippen LogP contribution in [0.3, 0.4) is 0 Å². The number of rotatable bonds is 9. The lowest BCUT2D eigenvalue weighted by atomic mass is 10.1. The molecule has 26 heavy (non-hydrogen) atoms. The van der Waals surface area contributed by atoms with Gasteiger partial charge in [0.05, 0.1) is 42.8 Å². The first-order valence-electron chi connectivity index (χ1n) is 8.22. The van der Waals surface area contributed by atoms with Gasteiger partial charge in [-0.05, 0) is 20.8 Å². The molecule has 0 radical (unpaired) electrons. The van der Waals surface area contributed by atoms with E-state index in [9.17, 15) is 4.79 Å². The van der Waals surface area contributed by atoms with Gasteiger partial charge in [-0.2, -0.15) is 10.1 Å². The van der Waals surface area contributed by atoms with Gasteiger partial charge in [-0.3, -0.25) is 9.48 Å². The number of aromatic nitrogens is 4. The van der Waals surface area contributed by atoms with Gasteiger partial charge in [-0.15, -0.1) is 0 Å². The van der Waals surface area contributed by atoms with Crippen molar-refractivity contribution >= 4 is 23.4 Å². The van der Waals surface area contributed by atoms with Crippen LogP contribution in [0.15, 0.2) is 18.6 Å². The number of ether oxygens (including phenoxy) is 1. The van der Waals surface area contributed by atoms with Crippen molar-refractivity contribution in [2.45, 2.75) is 26.3 Å². The third kappa shape index (κ3) is 5.39. The molecular weight excluding hydrogens is 338 g/mol. The van der Waals surface area contributed by atoms with Gasteiger partial charge in [0.15, 0.2) is 0 Å². The van der Waals surface area contributed by atoms with E-state index in [0.717, 1.165) is 5.69 Å². The van der Waals surface area contributed by atoms with E-state index in [1.165, 1.54) is 6.20 Å². The Morgan fingerprint density at radius 1 is 1.35 bits per heavy atom. The number of hydrogen-bond acceptors (Lipinski definition) is 8. The highest BCUT2D eigenvalue weighted by Gasteiger charge is 2.15. The van der Waals surface area contributed by atoms with Gasteiger partial charge in [-0.1, -0.05) is 0 Å². The second-order valence-electron chi connectivity index (χ2n) is 6.55. The first-order valence-corrected chi connectivity index (χ1v) is 8.22. The van der Waals surface area contributed by atoms with Crippen LogP contribution in [0.25, 0.3) is 0 Å². The molecule has 0 aliphatic carbocycles. The second-order valence-corrected chi connectivity index (χ2v) is 6.55. The minimum Gasteiger partial charge on any atom is -0.394 e. The highest BCUT2D eigenvalue weighted by molar-refractivity contribution is 5.97. The average molecular weight is 363 g/mol. The Morgan fingerprint density at radius 3 is 2.73 bits per heavy atom. The molecule has 5 N–H and O–H groups in total. The average Bonchev–Trinajstić information content (AvgIpc) is 3.03. The van der Waals surface area contributed by atoms with Crippen molar-refractivity contribution < 1.29 is 14.6 Å². The van der Waals surface area contributed by atoms with E-state index in [1.54, 1.807) is 6.20 Å². The molecule has 1 amide bonds. The van der Waals surface area contributed by atoms with Gasteiger partial charge in [0, 0.05) is 18.9 Å². The zero-order valence-corrected chi connectivity index (χ0v) is 15.2. The Balaban J connectivity index is 2.10. The predicted octanol–water partition coefficient (Wildman–Crippen LogP) is 0.691. The summed E-state index contributed by atoms with van der Waals surface area (Å²) in [5.41, 5.74) is 6.13. The van der Waals surface area contributed by atoms with Crippen molar-refractivity contribution in [3.05, 3.63) is 24.2 Å². The van der Waals surface area contributed by atoms with Crippen LogP contribution in [0.2, 0.25) is 0 Å². The van der Waals surface area contributed by atoms with Crippen LogP contribution in [0.4, 0.5) is 17.5 Å². The number of hydrogen-bond donors (Lipinski definition) is 4. The second kappa shape index (κ2) is 8.59. The fourth-order valence-electron chi connectivity index (χ4n) is 2.05. The summed E-state index contributed by atoms with van der Waals surface area (Å²) in [5.74, 6) is -0.0103. The molecule has 0 atom stereocenters. The maximum Gasteiger partial charge on any atom is 0.254 e. The number of amides is 1. The van der Waals surface area contributed by atoms with Crippen LogP contribution in [0.1, 0.15) is 31.1 Å². The summed E-state index contributed by atoms with van der Waals surface area (Å²) in [7, 11) is 0. The van der Waals surface area contributed by atoms with E-state index >= 15 is 0 Å². The Morgan fingerprint density at radius 2 is 2.12 bits per heavy atom. The van der Waals surface area contributed by atoms with Crippen LogP contribution < -0.4 is 16.4 Å². The molecule has 0 fully saturated rings. The van der Waals surface area contributed by atoms with Gasteiger partial charge in [0.25, 0.3) is 5.91 Å². The monoisotopic (exact) mass is 363 g/mol. The molecule has 0 unspecified atom stereocenters. The lowest BCUT2D eigenvalue weighted by Gasteiger charge is -2.18. The molecule has 2 heterocycles. The summed E-state index contributed by atoms with van der Waals surface area (Å²) >= 11 is 0. The zero-order chi connectivity index (χ0) is 19.2. The van der Waals surface area contributed by atoms with Crippen LogP contribution in [0.5, 0.6) is 0 Å². The lowest BCUT2D eigenvalue weighted by molar-refractivity contribution is 0.0988. The Hall–Kier alpha value is -2.72. The minimum atomic E-state index is -0.629. The molecule has 0 bridgehead atoms.